The lowest BCUT2D eigenvalue weighted by molar-refractivity contribution is -0.164. The first-order valence-corrected chi connectivity index (χ1v) is 4.84. The van der Waals surface area contributed by atoms with Crippen LogP contribution in [0.25, 0.3) is 0 Å². The third kappa shape index (κ3) is 3.25. The van der Waals surface area contributed by atoms with Crippen molar-refractivity contribution in [3.63, 3.8) is 0 Å². The fourth-order valence-electron chi connectivity index (χ4n) is 1.70. The minimum atomic E-state index is -0.911. The van der Waals surface area contributed by atoms with E-state index in [1.54, 1.807) is 0 Å². The zero-order chi connectivity index (χ0) is 10.6. The minimum Gasteiger partial charge on any atom is -0.480 e. The Bertz CT molecular complexity index is 202. The van der Waals surface area contributed by atoms with Crippen LogP contribution >= 0.6 is 0 Å². The molecule has 14 heavy (non-hydrogen) atoms. The number of ether oxygens (including phenoxy) is 1. The predicted molar refractivity (Wildman–Crippen MR) is 52.1 cm³/mol. The normalized spacial score (nSPS) is 20.4. The number of carboxylic acid groups (broad SMARTS) is 1. The van der Waals surface area contributed by atoms with Crippen LogP contribution in [0.1, 0.15) is 13.3 Å². The second-order valence-corrected chi connectivity index (χ2v) is 3.99. The Balaban J connectivity index is 2.13. The van der Waals surface area contributed by atoms with Crippen molar-refractivity contribution in [1.29, 1.82) is 0 Å². The largest absolute Gasteiger partial charge is 0.480 e. The number of carboxylic acids is 1. The van der Waals surface area contributed by atoms with Crippen LogP contribution < -0.4 is 5.73 Å². The van der Waals surface area contributed by atoms with E-state index in [-0.39, 0.29) is 12.2 Å². The van der Waals surface area contributed by atoms with Crippen molar-refractivity contribution in [2.75, 3.05) is 32.8 Å². The van der Waals surface area contributed by atoms with Crippen molar-refractivity contribution in [2.45, 2.75) is 18.9 Å². The zero-order valence-corrected chi connectivity index (χ0v) is 8.53. The van der Waals surface area contributed by atoms with Gasteiger partial charge in [0, 0.05) is 13.1 Å². The van der Waals surface area contributed by atoms with Crippen molar-refractivity contribution >= 4 is 5.97 Å². The Morgan fingerprint density at radius 1 is 1.64 bits per heavy atom. The van der Waals surface area contributed by atoms with Gasteiger partial charge in [-0.2, -0.15) is 0 Å². The Hall–Kier alpha value is -0.650. The van der Waals surface area contributed by atoms with Crippen LogP contribution in [-0.2, 0) is 9.53 Å². The molecule has 5 nitrogen and oxygen atoms in total. The van der Waals surface area contributed by atoms with Crippen LogP contribution in [0.15, 0.2) is 0 Å². The summed E-state index contributed by atoms with van der Waals surface area (Å²) >= 11 is 0. The number of likely N-dealkylation sites (tertiary alicyclic amines) is 1. The number of carbonyl (C=O) groups is 1. The molecule has 0 saturated carbocycles. The molecule has 0 atom stereocenters. The van der Waals surface area contributed by atoms with Crippen LogP contribution in [0.3, 0.4) is 0 Å². The third-order valence-electron chi connectivity index (χ3n) is 2.34. The average molecular weight is 202 g/mol. The number of aliphatic carboxylic acids is 1. The number of hydrogen-bond donors (Lipinski definition) is 2. The van der Waals surface area contributed by atoms with E-state index >= 15 is 0 Å². The van der Waals surface area contributed by atoms with Crippen molar-refractivity contribution in [3.05, 3.63) is 0 Å². The molecule has 1 heterocycles. The maximum atomic E-state index is 10.3. The molecular formula is C9H18N2O3. The second kappa shape index (κ2) is 4.72. The molecule has 5 heteroatoms. The van der Waals surface area contributed by atoms with Gasteiger partial charge in [0.15, 0.2) is 0 Å². The molecular weight excluding hydrogens is 184 g/mol. The van der Waals surface area contributed by atoms with Gasteiger partial charge in [-0.15, -0.1) is 0 Å². The lowest BCUT2D eigenvalue weighted by Gasteiger charge is -2.47. The summed E-state index contributed by atoms with van der Waals surface area (Å²) in [4.78, 5) is 12.5. The lowest BCUT2D eigenvalue weighted by Crippen LogP contribution is -2.61. The molecule has 1 saturated heterocycles. The average Bonchev–Trinajstić information content (AvgIpc) is 2.07. The van der Waals surface area contributed by atoms with Gasteiger partial charge in [-0.25, -0.2) is 4.79 Å². The van der Waals surface area contributed by atoms with Crippen molar-refractivity contribution < 1.29 is 14.6 Å². The molecule has 0 amide bonds. The number of nitrogens with two attached hydrogens (primary N) is 1. The van der Waals surface area contributed by atoms with E-state index in [9.17, 15) is 4.79 Å². The fraction of sp³-hybridized carbons (Fsp3) is 0.889. The molecule has 0 aromatic heterocycles. The highest BCUT2D eigenvalue weighted by Gasteiger charge is 2.39. The molecule has 3 N–H and O–H groups in total. The quantitative estimate of drug-likeness (QED) is 0.608. The molecule has 0 spiro atoms. The summed E-state index contributed by atoms with van der Waals surface area (Å²) in [7, 11) is 0. The molecule has 1 aliphatic heterocycles. The van der Waals surface area contributed by atoms with E-state index in [1.807, 2.05) is 6.92 Å². The summed E-state index contributed by atoms with van der Waals surface area (Å²) in [6.07, 6.45) is 0.981. The Labute approximate surface area is 83.8 Å². The van der Waals surface area contributed by atoms with E-state index in [4.69, 9.17) is 15.6 Å². The molecule has 1 aliphatic rings. The van der Waals surface area contributed by atoms with E-state index in [0.717, 1.165) is 26.1 Å². The summed E-state index contributed by atoms with van der Waals surface area (Å²) in [6, 6.07) is 0. The number of nitrogens with zero attached hydrogens (tertiary/aromatic N) is 1. The van der Waals surface area contributed by atoms with Gasteiger partial charge in [0.2, 0.25) is 0 Å². The third-order valence-corrected chi connectivity index (χ3v) is 2.34. The van der Waals surface area contributed by atoms with Gasteiger partial charge in [-0.3, -0.25) is 4.90 Å². The smallest absolute Gasteiger partial charge is 0.329 e. The van der Waals surface area contributed by atoms with Crippen LogP contribution in [0.4, 0.5) is 0 Å². The molecule has 0 aromatic rings. The van der Waals surface area contributed by atoms with Gasteiger partial charge < -0.3 is 15.6 Å². The van der Waals surface area contributed by atoms with Crippen molar-refractivity contribution in [2.24, 2.45) is 5.73 Å². The lowest BCUT2D eigenvalue weighted by atomic mass is 9.96. The second-order valence-electron chi connectivity index (χ2n) is 3.99. The summed E-state index contributed by atoms with van der Waals surface area (Å²) in [5.41, 5.74) is 5.12. The van der Waals surface area contributed by atoms with Gasteiger partial charge in [0.05, 0.1) is 5.60 Å². The van der Waals surface area contributed by atoms with E-state index in [0.29, 0.717) is 6.54 Å². The van der Waals surface area contributed by atoms with Crippen molar-refractivity contribution in [3.8, 4) is 0 Å². The van der Waals surface area contributed by atoms with Crippen LogP contribution in [-0.4, -0.2) is 54.4 Å². The number of rotatable bonds is 6. The van der Waals surface area contributed by atoms with Gasteiger partial charge in [-0.05, 0) is 26.4 Å². The molecule has 0 bridgehead atoms. The summed E-state index contributed by atoms with van der Waals surface area (Å²) in [5, 5.41) is 8.45. The monoisotopic (exact) mass is 202 g/mol. The standard InChI is InChI=1S/C9H18N2O3/c1-9(14-5-8(12)13)6-11(7-9)4-2-3-10/h2-7,10H2,1H3,(H,12,13). The first-order chi connectivity index (χ1) is 6.56. The molecule has 0 aromatic carbocycles. The van der Waals surface area contributed by atoms with Gasteiger partial charge in [0.1, 0.15) is 6.61 Å². The molecule has 0 unspecified atom stereocenters. The molecule has 82 valence electrons. The van der Waals surface area contributed by atoms with E-state index in [2.05, 4.69) is 4.90 Å². The summed E-state index contributed by atoms with van der Waals surface area (Å²) < 4.78 is 5.26. The maximum Gasteiger partial charge on any atom is 0.329 e. The van der Waals surface area contributed by atoms with Gasteiger partial charge >= 0.3 is 5.97 Å². The van der Waals surface area contributed by atoms with E-state index in [1.165, 1.54) is 0 Å². The highest BCUT2D eigenvalue weighted by molar-refractivity contribution is 5.68. The van der Waals surface area contributed by atoms with Crippen LogP contribution in [0, 0.1) is 0 Å². The maximum absolute atomic E-state index is 10.3. The number of hydrogen-bond acceptors (Lipinski definition) is 4. The van der Waals surface area contributed by atoms with E-state index < -0.39 is 5.97 Å². The molecule has 1 fully saturated rings. The van der Waals surface area contributed by atoms with Gasteiger partial charge in [-0.1, -0.05) is 0 Å². The topological polar surface area (TPSA) is 75.8 Å². The highest BCUT2D eigenvalue weighted by atomic mass is 16.5. The minimum absolute atomic E-state index is 0.207. The Kier molecular flexibility index (Phi) is 3.86. The zero-order valence-electron chi connectivity index (χ0n) is 8.53. The fourth-order valence-corrected chi connectivity index (χ4v) is 1.70. The molecule has 1 rings (SSSR count). The highest BCUT2D eigenvalue weighted by Crippen LogP contribution is 2.24. The summed E-state index contributed by atoms with van der Waals surface area (Å²) in [6.45, 7) is 5.02. The molecule has 0 radical (unpaired) electrons. The molecule has 0 aliphatic carbocycles. The first kappa shape index (κ1) is 11.4. The summed E-state index contributed by atoms with van der Waals surface area (Å²) in [5.74, 6) is -0.911. The Morgan fingerprint density at radius 3 is 2.79 bits per heavy atom. The Morgan fingerprint density at radius 2 is 2.29 bits per heavy atom. The SMILES string of the molecule is CC1(OCC(=O)O)CN(CCCN)C1. The first-order valence-electron chi connectivity index (χ1n) is 4.84. The van der Waals surface area contributed by atoms with Crippen molar-refractivity contribution in [1.82, 2.24) is 4.90 Å². The van der Waals surface area contributed by atoms with Crippen LogP contribution in [0.5, 0.6) is 0 Å². The van der Waals surface area contributed by atoms with Gasteiger partial charge in [0.25, 0.3) is 0 Å². The van der Waals surface area contributed by atoms with Crippen LogP contribution in [0.2, 0.25) is 0 Å². The predicted octanol–water partition coefficient (Wildman–Crippen LogP) is -0.489.